The van der Waals surface area contributed by atoms with Gasteiger partial charge in [0, 0.05) is 18.4 Å². The van der Waals surface area contributed by atoms with Gasteiger partial charge < -0.3 is 10.3 Å². The van der Waals surface area contributed by atoms with E-state index in [1.54, 1.807) is 0 Å². The number of rotatable bonds is 2. The molecule has 1 aliphatic carbocycles. The molecule has 0 spiro atoms. The summed E-state index contributed by atoms with van der Waals surface area (Å²) in [6, 6.07) is 0.340. The fraction of sp³-hybridized carbons (Fsp3) is 0.750. The third kappa shape index (κ3) is 1.22. The Morgan fingerprint density at radius 2 is 2.33 bits per heavy atom. The van der Waals surface area contributed by atoms with E-state index in [4.69, 9.17) is 10.3 Å². The molecule has 1 saturated carbocycles. The Labute approximate surface area is 71.1 Å². The lowest BCUT2D eigenvalue weighted by molar-refractivity contribution is 0.264. The van der Waals surface area contributed by atoms with E-state index in [-0.39, 0.29) is 0 Å². The van der Waals surface area contributed by atoms with Crippen molar-refractivity contribution in [3.05, 3.63) is 11.7 Å². The molecule has 1 aromatic rings. The summed E-state index contributed by atoms with van der Waals surface area (Å²) in [4.78, 5) is 4.25. The lowest BCUT2D eigenvalue weighted by Crippen LogP contribution is -2.34. The maximum Gasteiger partial charge on any atom is 0.229 e. The van der Waals surface area contributed by atoms with Gasteiger partial charge in [-0.3, -0.25) is 0 Å². The average Bonchev–Trinajstić information content (AvgIpc) is 2.46. The third-order valence-corrected chi connectivity index (χ3v) is 2.32. The van der Waals surface area contributed by atoms with Gasteiger partial charge in [0.15, 0.2) is 5.82 Å². The van der Waals surface area contributed by atoms with Gasteiger partial charge in [-0.25, -0.2) is 0 Å². The monoisotopic (exact) mass is 167 g/mol. The molecular weight excluding hydrogens is 154 g/mol. The summed E-state index contributed by atoms with van der Waals surface area (Å²) in [7, 11) is 0. The Hall–Kier alpha value is -0.900. The normalized spacial score (nSPS) is 28.5. The molecule has 1 aliphatic rings. The summed E-state index contributed by atoms with van der Waals surface area (Å²) in [6.45, 7) is 2.02. The molecule has 0 atom stereocenters. The van der Waals surface area contributed by atoms with Crippen LogP contribution in [0.25, 0.3) is 0 Å². The van der Waals surface area contributed by atoms with Crippen molar-refractivity contribution in [3.8, 4) is 0 Å². The number of aryl methyl sites for hydroxylation is 1. The maximum absolute atomic E-state index is 5.66. The fourth-order valence-electron chi connectivity index (χ4n) is 1.44. The number of nitrogens with zero attached hydrogens (tertiary/aromatic N) is 2. The molecule has 0 radical (unpaired) electrons. The highest BCUT2D eigenvalue weighted by molar-refractivity contribution is 5.02. The van der Waals surface area contributed by atoms with Crippen molar-refractivity contribution in [3.63, 3.8) is 0 Å². The van der Waals surface area contributed by atoms with Crippen molar-refractivity contribution in [1.29, 1.82) is 0 Å². The van der Waals surface area contributed by atoms with E-state index >= 15 is 0 Å². The highest BCUT2D eigenvalue weighted by Crippen LogP contribution is 2.34. The van der Waals surface area contributed by atoms with Crippen LogP contribution >= 0.6 is 0 Å². The lowest BCUT2D eigenvalue weighted by atomic mass is 9.81. The van der Waals surface area contributed by atoms with Gasteiger partial charge in [0.2, 0.25) is 5.89 Å². The molecule has 4 heteroatoms. The van der Waals surface area contributed by atoms with Crippen LogP contribution in [0.2, 0.25) is 0 Å². The largest absolute Gasteiger partial charge is 0.339 e. The van der Waals surface area contributed by atoms with Crippen LogP contribution in [0.1, 0.15) is 37.4 Å². The van der Waals surface area contributed by atoms with Crippen LogP contribution in [0, 0.1) is 0 Å². The van der Waals surface area contributed by atoms with Crippen LogP contribution in [0.4, 0.5) is 0 Å². The van der Waals surface area contributed by atoms with Crippen LogP contribution in [-0.2, 0) is 6.42 Å². The van der Waals surface area contributed by atoms with Crippen LogP contribution < -0.4 is 5.73 Å². The molecule has 1 aromatic heterocycles. The smallest absolute Gasteiger partial charge is 0.229 e. The molecule has 1 heterocycles. The molecule has 0 aromatic carbocycles. The van der Waals surface area contributed by atoms with E-state index in [9.17, 15) is 0 Å². The second kappa shape index (κ2) is 2.86. The Morgan fingerprint density at radius 1 is 1.58 bits per heavy atom. The minimum Gasteiger partial charge on any atom is -0.339 e. The average molecular weight is 167 g/mol. The number of hydrogen-bond acceptors (Lipinski definition) is 4. The summed E-state index contributed by atoms with van der Waals surface area (Å²) in [6.07, 6.45) is 2.82. The fourth-order valence-corrected chi connectivity index (χ4v) is 1.44. The van der Waals surface area contributed by atoms with E-state index < -0.39 is 0 Å². The molecule has 4 nitrogen and oxygen atoms in total. The van der Waals surface area contributed by atoms with Crippen molar-refractivity contribution in [2.24, 2.45) is 5.73 Å². The minimum atomic E-state index is 0.340. The van der Waals surface area contributed by atoms with Gasteiger partial charge >= 0.3 is 0 Å². The van der Waals surface area contributed by atoms with Gasteiger partial charge in [-0.05, 0) is 12.8 Å². The summed E-state index contributed by atoms with van der Waals surface area (Å²) in [5.74, 6) is 1.99. The van der Waals surface area contributed by atoms with E-state index in [0.29, 0.717) is 12.0 Å². The van der Waals surface area contributed by atoms with Crippen molar-refractivity contribution in [2.75, 3.05) is 0 Å². The zero-order chi connectivity index (χ0) is 8.55. The molecule has 12 heavy (non-hydrogen) atoms. The Morgan fingerprint density at radius 3 is 2.83 bits per heavy atom. The van der Waals surface area contributed by atoms with E-state index in [1.165, 1.54) is 0 Å². The Balaban J connectivity index is 2.04. The van der Waals surface area contributed by atoms with Gasteiger partial charge in [-0.15, -0.1) is 0 Å². The molecule has 0 amide bonds. The van der Waals surface area contributed by atoms with Crippen molar-refractivity contribution >= 4 is 0 Å². The van der Waals surface area contributed by atoms with Crippen LogP contribution in [-0.4, -0.2) is 16.2 Å². The summed E-state index contributed by atoms with van der Waals surface area (Å²) < 4.78 is 5.09. The Kier molecular flexibility index (Phi) is 1.84. The second-order valence-electron chi connectivity index (χ2n) is 3.33. The molecule has 66 valence electrons. The van der Waals surface area contributed by atoms with Crippen LogP contribution in [0.3, 0.4) is 0 Å². The highest BCUT2D eigenvalue weighted by atomic mass is 16.5. The second-order valence-corrected chi connectivity index (χ2v) is 3.33. The van der Waals surface area contributed by atoms with E-state index in [2.05, 4.69) is 10.1 Å². The number of nitrogens with two attached hydrogens (primary N) is 1. The molecule has 1 fully saturated rings. The predicted molar refractivity (Wildman–Crippen MR) is 43.6 cm³/mol. The van der Waals surface area contributed by atoms with Gasteiger partial charge in [0.1, 0.15) is 0 Å². The van der Waals surface area contributed by atoms with Gasteiger partial charge in [-0.1, -0.05) is 12.1 Å². The first kappa shape index (κ1) is 7.73. The summed E-state index contributed by atoms with van der Waals surface area (Å²) in [5, 5.41) is 3.84. The molecule has 2 N–H and O–H groups in total. The SMILES string of the molecule is CCc1noc(C2CC(N)C2)n1. The number of aromatic nitrogens is 2. The van der Waals surface area contributed by atoms with Gasteiger partial charge in [-0.2, -0.15) is 4.98 Å². The topological polar surface area (TPSA) is 64.9 Å². The quantitative estimate of drug-likeness (QED) is 0.708. The number of hydrogen-bond donors (Lipinski definition) is 1. The molecule has 0 aliphatic heterocycles. The summed E-state index contributed by atoms with van der Waals surface area (Å²) in [5.41, 5.74) is 5.66. The zero-order valence-corrected chi connectivity index (χ0v) is 7.16. The van der Waals surface area contributed by atoms with Crippen LogP contribution in [0.5, 0.6) is 0 Å². The Bertz CT molecular complexity index is 265. The highest BCUT2D eigenvalue weighted by Gasteiger charge is 2.31. The molecular formula is C8H13N3O. The zero-order valence-electron chi connectivity index (χ0n) is 7.16. The van der Waals surface area contributed by atoms with Gasteiger partial charge in [0.05, 0.1) is 0 Å². The van der Waals surface area contributed by atoms with Crippen molar-refractivity contribution in [2.45, 2.75) is 38.1 Å². The van der Waals surface area contributed by atoms with Gasteiger partial charge in [0.25, 0.3) is 0 Å². The predicted octanol–water partition coefficient (Wildman–Crippen LogP) is 0.837. The minimum absolute atomic E-state index is 0.340. The summed E-state index contributed by atoms with van der Waals surface area (Å²) >= 11 is 0. The van der Waals surface area contributed by atoms with Crippen molar-refractivity contribution in [1.82, 2.24) is 10.1 Å². The van der Waals surface area contributed by atoms with Crippen molar-refractivity contribution < 1.29 is 4.52 Å². The van der Waals surface area contributed by atoms with Crippen LogP contribution in [0.15, 0.2) is 4.52 Å². The molecule has 0 bridgehead atoms. The molecule has 2 rings (SSSR count). The lowest BCUT2D eigenvalue weighted by Gasteiger charge is -2.28. The van der Waals surface area contributed by atoms with E-state index in [1.807, 2.05) is 6.92 Å². The molecule has 0 unspecified atom stereocenters. The first-order valence-corrected chi connectivity index (χ1v) is 4.37. The first-order chi connectivity index (χ1) is 5.79. The maximum atomic E-state index is 5.66. The molecule has 0 saturated heterocycles. The standard InChI is InChI=1S/C8H13N3O/c1-2-7-10-8(12-11-7)5-3-6(9)4-5/h5-6H,2-4,9H2,1H3. The first-order valence-electron chi connectivity index (χ1n) is 4.37. The van der Waals surface area contributed by atoms with E-state index in [0.717, 1.165) is 31.0 Å². The third-order valence-electron chi connectivity index (χ3n) is 2.32.